The van der Waals surface area contributed by atoms with Crippen LogP contribution in [0.25, 0.3) is 22.0 Å². The summed E-state index contributed by atoms with van der Waals surface area (Å²) in [5, 5.41) is 0.826. The zero-order valence-corrected chi connectivity index (χ0v) is 22.1. The molecule has 190 valence electrons. The van der Waals surface area contributed by atoms with Crippen LogP contribution in [0.15, 0.2) is 96.0 Å². The maximum atomic E-state index is 13.9. The van der Waals surface area contributed by atoms with E-state index in [-0.39, 0.29) is 16.4 Å². The van der Waals surface area contributed by atoms with E-state index in [9.17, 15) is 8.42 Å². The monoisotopic (exact) mass is 510 g/mol. The standard InChI is InChI=1S/C32H34N2O2S/c1-32(22-28(32)25-12-6-3-7-13-25)31(27-19-17-24(18-20-27)23-10-4-2-5-11-23)34-37(35,36)29-16-8-14-26-15-9-21-33-30(26)29/h2,4-5,8-11,14-21,25,28,31,34H,3,6-7,12-13,22H2,1H3/t28-,31-,32+/m0/s1. The van der Waals surface area contributed by atoms with Crippen molar-refractivity contribution in [2.24, 2.45) is 17.3 Å². The third kappa shape index (κ3) is 4.71. The molecule has 0 spiro atoms. The van der Waals surface area contributed by atoms with Crippen LogP contribution in [0.2, 0.25) is 0 Å². The fourth-order valence-electron chi connectivity index (χ4n) is 6.58. The van der Waals surface area contributed by atoms with E-state index < -0.39 is 10.0 Å². The van der Waals surface area contributed by atoms with Crippen molar-refractivity contribution >= 4 is 20.9 Å². The normalized spacial score (nSPS) is 23.1. The summed E-state index contributed by atoms with van der Waals surface area (Å²) in [6.45, 7) is 2.28. The van der Waals surface area contributed by atoms with E-state index in [1.165, 1.54) is 32.1 Å². The van der Waals surface area contributed by atoms with E-state index in [0.29, 0.717) is 17.4 Å². The highest BCUT2D eigenvalue weighted by atomic mass is 32.2. The molecule has 4 nitrogen and oxygen atoms in total. The van der Waals surface area contributed by atoms with Crippen molar-refractivity contribution in [2.45, 2.75) is 56.4 Å². The number of sulfonamides is 1. The first-order valence-corrected chi connectivity index (χ1v) is 15.0. The van der Waals surface area contributed by atoms with Crippen LogP contribution in [0.3, 0.4) is 0 Å². The summed E-state index contributed by atoms with van der Waals surface area (Å²) in [5.41, 5.74) is 3.72. The third-order valence-corrected chi connectivity index (χ3v) is 10.2. The van der Waals surface area contributed by atoms with Gasteiger partial charge < -0.3 is 0 Å². The zero-order chi connectivity index (χ0) is 25.5. The van der Waals surface area contributed by atoms with Crippen LogP contribution in [0.1, 0.15) is 57.1 Å². The van der Waals surface area contributed by atoms with Gasteiger partial charge in [0.1, 0.15) is 4.90 Å². The van der Waals surface area contributed by atoms with Crippen molar-refractivity contribution in [3.63, 3.8) is 0 Å². The molecule has 0 radical (unpaired) electrons. The lowest BCUT2D eigenvalue weighted by molar-refractivity contribution is 0.259. The Kier molecular flexibility index (Phi) is 6.37. The van der Waals surface area contributed by atoms with E-state index in [1.807, 2.05) is 36.4 Å². The van der Waals surface area contributed by atoms with Gasteiger partial charge in [-0.2, -0.15) is 0 Å². The summed E-state index contributed by atoms with van der Waals surface area (Å²) in [4.78, 5) is 4.67. The predicted octanol–water partition coefficient (Wildman–Crippen LogP) is 7.53. The maximum Gasteiger partial charge on any atom is 0.243 e. The summed E-state index contributed by atoms with van der Waals surface area (Å²) in [5.74, 6) is 1.23. The number of nitrogens with zero attached hydrogens (tertiary/aromatic N) is 1. The van der Waals surface area contributed by atoms with Crippen molar-refractivity contribution in [1.82, 2.24) is 9.71 Å². The Morgan fingerprint density at radius 3 is 2.30 bits per heavy atom. The molecule has 0 bridgehead atoms. The van der Waals surface area contributed by atoms with Crippen molar-refractivity contribution < 1.29 is 8.42 Å². The molecule has 3 aromatic carbocycles. The van der Waals surface area contributed by atoms with Crippen LogP contribution in [-0.2, 0) is 10.0 Å². The number of aromatic nitrogens is 1. The number of benzene rings is 3. The van der Waals surface area contributed by atoms with Gasteiger partial charge in [0, 0.05) is 11.6 Å². The predicted molar refractivity (Wildman–Crippen MR) is 149 cm³/mol. The summed E-state index contributed by atoms with van der Waals surface area (Å²) in [6, 6.07) is 27.6. The molecule has 1 heterocycles. The van der Waals surface area contributed by atoms with E-state index in [4.69, 9.17) is 0 Å². The summed E-state index contributed by atoms with van der Waals surface area (Å²) in [7, 11) is -3.81. The lowest BCUT2D eigenvalue weighted by atomic mass is 9.80. The summed E-state index contributed by atoms with van der Waals surface area (Å²) < 4.78 is 31.0. The first-order chi connectivity index (χ1) is 18.0. The Hall–Kier alpha value is -3.02. The molecule has 6 rings (SSSR count). The van der Waals surface area contributed by atoms with Crippen molar-refractivity contribution in [2.75, 3.05) is 0 Å². The van der Waals surface area contributed by atoms with Gasteiger partial charge in [-0.05, 0) is 52.5 Å². The van der Waals surface area contributed by atoms with Gasteiger partial charge in [0.2, 0.25) is 10.0 Å². The highest BCUT2D eigenvalue weighted by Gasteiger charge is 2.59. The fourth-order valence-corrected chi connectivity index (χ4v) is 8.11. The molecule has 37 heavy (non-hydrogen) atoms. The van der Waals surface area contributed by atoms with Gasteiger partial charge in [-0.3, -0.25) is 4.98 Å². The topological polar surface area (TPSA) is 59.1 Å². The van der Waals surface area contributed by atoms with E-state index in [1.54, 1.807) is 18.3 Å². The number of hydrogen-bond acceptors (Lipinski definition) is 3. The molecule has 0 unspecified atom stereocenters. The summed E-state index contributed by atoms with van der Waals surface area (Å²) >= 11 is 0. The molecule has 5 heteroatoms. The zero-order valence-electron chi connectivity index (χ0n) is 21.3. The lowest BCUT2D eigenvalue weighted by Crippen LogP contribution is -2.35. The quantitative estimate of drug-likeness (QED) is 0.280. The first kappa shape index (κ1) is 24.3. The van der Waals surface area contributed by atoms with Crippen molar-refractivity contribution in [3.8, 4) is 11.1 Å². The highest BCUT2D eigenvalue weighted by molar-refractivity contribution is 7.89. The number of pyridine rings is 1. The van der Waals surface area contributed by atoms with Gasteiger partial charge >= 0.3 is 0 Å². The molecule has 4 aromatic rings. The second-order valence-corrected chi connectivity index (χ2v) is 12.8. The van der Waals surface area contributed by atoms with Crippen LogP contribution < -0.4 is 4.72 Å². The largest absolute Gasteiger partial charge is 0.255 e. The molecule has 2 aliphatic rings. The minimum absolute atomic E-state index is 0.110. The molecular formula is C32H34N2O2S. The highest BCUT2D eigenvalue weighted by Crippen LogP contribution is 2.65. The van der Waals surface area contributed by atoms with Crippen LogP contribution >= 0.6 is 0 Å². The Bertz CT molecular complexity index is 1490. The summed E-state index contributed by atoms with van der Waals surface area (Å²) in [6.07, 6.45) is 9.15. The molecule has 0 aliphatic heterocycles. The average molecular weight is 511 g/mol. The van der Waals surface area contributed by atoms with Crippen molar-refractivity contribution in [1.29, 1.82) is 0 Å². The molecule has 3 atom stereocenters. The molecule has 0 saturated heterocycles. The second kappa shape index (κ2) is 9.70. The third-order valence-electron chi connectivity index (χ3n) is 8.73. The first-order valence-electron chi connectivity index (χ1n) is 13.5. The Morgan fingerprint density at radius 1 is 0.838 bits per heavy atom. The molecule has 1 N–H and O–H groups in total. The molecule has 0 amide bonds. The van der Waals surface area contributed by atoms with Gasteiger partial charge in [0.25, 0.3) is 0 Å². The SMILES string of the molecule is C[C@@]1([C@@H](NS(=O)(=O)c2cccc3cccnc23)c2ccc(-c3ccccc3)cc2)C[C@H]1C1CCCCC1. The van der Waals surface area contributed by atoms with Gasteiger partial charge in [0.05, 0.1) is 11.6 Å². The minimum atomic E-state index is -3.81. The van der Waals surface area contributed by atoms with Gasteiger partial charge in [-0.1, -0.05) is 112 Å². The fraction of sp³-hybridized carbons (Fsp3) is 0.344. The lowest BCUT2D eigenvalue weighted by Gasteiger charge is -2.30. The number of fused-ring (bicyclic) bond motifs is 1. The van der Waals surface area contributed by atoms with Gasteiger partial charge in [0.15, 0.2) is 0 Å². The Balaban J connectivity index is 1.37. The van der Waals surface area contributed by atoms with E-state index in [0.717, 1.165) is 28.5 Å². The molecular weight excluding hydrogens is 476 g/mol. The minimum Gasteiger partial charge on any atom is -0.255 e. The van der Waals surface area contributed by atoms with Crippen LogP contribution in [0.4, 0.5) is 0 Å². The van der Waals surface area contributed by atoms with Crippen LogP contribution in [0.5, 0.6) is 0 Å². The number of rotatable bonds is 7. The van der Waals surface area contributed by atoms with E-state index >= 15 is 0 Å². The number of nitrogens with one attached hydrogen (secondary N) is 1. The molecule has 2 aliphatic carbocycles. The molecule has 1 aromatic heterocycles. The van der Waals surface area contributed by atoms with Crippen LogP contribution in [-0.4, -0.2) is 13.4 Å². The Morgan fingerprint density at radius 2 is 1.54 bits per heavy atom. The smallest absolute Gasteiger partial charge is 0.243 e. The molecule has 2 saturated carbocycles. The number of hydrogen-bond donors (Lipinski definition) is 1. The number of para-hydroxylation sites is 1. The van der Waals surface area contributed by atoms with Gasteiger partial charge in [-0.25, -0.2) is 13.1 Å². The van der Waals surface area contributed by atoms with Crippen molar-refractivity contribution in [3.05, 3.63) is 96.7 Å². The van der Waals surface area contributed by atoms with Gasteiger partial charge in [-0.15, -0.1) is 0 Å². The average Bonchev–Trinajstić information content (AvgIpc) is 3.65. The maximum absolute atomic E-state index is 13.9. The van der Waals surface area contributed by atoms with Crippen LogP contribution in [0, 0.1) is 17.3 Å². The Labute approximate surface area is 220 Å². The van der Waals surface area contributed by atoms with E-state index in [2.05, 4.69) is 53.0 Å². The second-order valence-electron chi connectivity index (χ2n) is 11.1. The molecule has 2 fully saturated rings.